The molecule has 0 saturated carbocycles. The molecular weight excluding hydrogens is 263 g/mol. The van der Waals surface area contributed by atoms with Crippen LogP contribution in [0.5, 0.6) is 0 Å². The highest BCUT2D eigenvalue weighted by Gasteiger charge is 2.10. The lowest BCUT2D eigenvalue weighted by Gasteiger charge is -2.08. The summed E-state index contributed by atoms with van der Waals surface area (Å²) in [7, 11) is 0. The van der Waals surface area contributed by atoms with E-state index in [-0.39, 0.29) is 0 Å². The molecule has 16 heavy (non-hydrogen) atoms. The van der Waals surface area contributed by atoms with Crippen molar-refractivity contribution in [2.24, 2.45) is 5.73 Å². The Morgan fingerprint density at radius 2 is 2.00 bits per heavy atom. The van der Waals surface area contributed by atoms with Crippen molar-refractivity contribution in [3.63, 3.8) is 0 Å². The topological polar surface area (TPSA) is 38.9 Å². The first kappa shape index (κ1) is 11.6. The Bertz CT molecular complexity index is 596. The highest BCUT2D eigenvalue weighted by Crippen LogP contribution is 2.29. The van der Waals surface area contributed by atoms with Gasteiger partial charge in [0.15, 0.2) is 0 Å². The molecule has 0 aliphatic heterocycles. The third-order valence-corrected chi connectivity index (χ3v) is 2.95. The summed E-state index contributed by atoms with van der Waals surface area (Å²) in [6.45, 7) is 1.87. The minimum absolute atomic E-state index is 0.314. The molecule has 2 rings (SSSR count). The fourth-order valence-corrected chi connectivity index (χ4v) is 2.29. The maximum absolute atomic E-state index is 6.08. The summed E-state index contributed by atoms with van der Waals surface area (Å²) < 4.78 is 0. The van der Waals surface area contributed by atoms with Crippen molar-refractivity contribution in [3.05, 3.63) is 39.5 Å². The van der Waals surface area contributed by atoms with E-state index < -0.39 is 0 Å². The van der Waals surface area contributed by atoms with E-state index in [4.69, 9.17) is 41.2 Å². The quantitative estimate of drug-likeness (QED) is 0.807. The van der Waals surface area contributed by atoms with Gasteiger partial charge in [-0.2, -0.15) is 0 Å². The van der Waals surface area contributed by atoms with Gasteiger partial charge in [-0.05, 0) is 25.1 Å². The molecule has 1 heterocycles. The number of nitrogens with zero attached hydrogens (tertiary/aromatic N) is 1. The molecule has 0 spiro atoms. The van der Waals surface area contributed by atoms with Crippen LogP contribution in [-0.2, 0) is 0 Å². The summed E-state index contributed by atoms with van der Waals surface area (Å²) >= 11 is 17.0. The summed E-state index contributed by atoms with van der Waals surface area (Å²) in [5.41, 5.74) is 7.91. The molecule has 0 bridgehead atoms. The van der Waals surface area contributed by atoms with Gasteiger partial charge in [-0.25, -0.2) is 0 Å². The van der Waals surface area contributed by atoms with Crippen LogP contribution < -0.4 is 5.73 Å². The maximum atomic E-state index is 6.08. The van der Waals surface area contributed by atoms with Gasteiger partial charge >= 0.3 is 0 Å². The molecule has 0 fully saturated rings. The summed E-state index contributed by atoms with van der Waals surface area (Å²) in [6.07, 6.45) is 0. The number of halogens is 2. The van der Waals surface area contributed by atoms with Gasteiger partial charge < -0.3 is 5.73 Å². The van der Waals surface area contributed by atoms with E-state index in [9.17, 15) is 0 Å². The van der Waals surface area contributed by atoms with Crippen molar-refractivity contribution in [2.45, 2.75) is 6.92 Å². The lowest BCUT2D eigenvalue weighted by atomic mass is 10.1. The number of aryl methyl sites for hydroxylation is 1. The van der Waals surface area contributed by atoms with Crippen molar-refractivity contribution in [1.29, 1.82) is 0 Å². The van der Waals surface area contributed by atoms with Crippen LogP contribution in [0.4, 0.5) is 0 Å². The fourth-order valence-electron chi connectivity index (χ4n) is 1.58. The second-order valence-electron chi connectivity index (χ2n) is 3.46. The second-order valence-corrected chi connectivity index (χ2v) is 4.74. The first-order valence-corrected chi connectivity index (χ1v) is 5.71. The monoisotopic (exact) mass is 270 g/mol. The Balaban J connectivity index is 2.95. The number of rotatable bonds is 1. The molecule has 2 aromatic rings. The van der Waals surface area contributed by atoms with E-state index in [0.717, 1.165) is 16.6 Å². The number of fused-ring (bicyclic) bond motifs is 1. The molecule has 1 aromatic carbocycles. The van der Waals surface area contributed by atoms with Crippen LogP contribution in [-0.4, -0.2) is 9.97 Å². The zero-order valence-corrected chi connectivity index (χ0v) is 10.7. The van der Waals surface area contributed by atoms with Gasteiger partial charge in [0, 0.05) is 21.7 Å². The van der Waals surface area contributed by atoms with Crippen LogP contribution in [0.1, 0.15) is 11.3 Å². The predicted octanol–water partition coefficient (Wildman–Crippen LogP) is 3.48. The normalized spacial score (nSPS) is 10.7. The lowest BCUT2D eigenvalue weighted by molar-refractivity contribution is 1.25. The van der Waals surface area contributed by atoms with Gasteiger partial charge in [-0.15, -0.1) is 0 Å². The molecule has 0 amide bonds. The standard InChI is InChI=1S/C11H8Cl2N2S/c1-5-2-8(11(14)16)7-3-6(12)4-9(13)10(7)15-5/h2-4H,1H3,(H2,14,16). The van der Waals surface area contributed by atoms with Crippen LogP contribution in [0.2, 0.25) is 10.0 Å². The Kier molecular flexibility index (Phi) is 3.02. The van der Waals surface area contributed by atoms with Gasteiger partial charge in [0.1, 0.15) is 4.99 Å². The smallest absolute Gasteiger partial charge is 0.104 e. The zero-order valence-electron chi connectivity index (χ0n) is 8.42. The molecule has 82 valence electrons. The second kappa shape index (κ2) is 4.17. The van der Waals surface area contributed by atoms with Gasteiger partial charge in [0.2, 0.25) is 0 Å². The number of pyridine rings is 1. The van der Waals surface area contributed by atoms with Crippen molar-refractivity contribution in [1.82, 2.24) is 4.98 Å². The molecule has 0 atom stereocenters. The van der Waals surface area contributed by atoms with Gasteiger partial charge in [0.25, 0.3) is 0 Å². The molecule has 0 saturated heterocycles. The number of nitrogens with two attached hydrogens (primary N) is 1. The summed E-state index contributed by atoms with van der Waals surface area (Å²) in [4.78, 5) is 4.67. The van der Waals surface area contributed by atoms with E-state index in [1.165, 1.54) is 0 Å². The number of thiocarbonyl (C=S) groups is 1. The fraction of sp³-hybridized carbons (Fsp3) is 0.0909. The average Bonchev–Trinajstić information content (AvgIpc) is 2.18. The number of hydrogen-bond donors (Lipinski definition) is 1. The molecule has 5 heteroatoms. The van der Waals surface area contributed by atoms with Crippen molar-refractivity contribution >= 4 is 51.3 Å². The Morgan fingerprint density at radius 3 is 2.62 bits per heavy atom. The first-order chi connectivity index (χ1) is 7.49. The molecular formula is C11H8Cl2N2S. The summed E-state index contributed by atoms with van der Waals surface area (Å²) in [5, 5.41) is 1.83. The SMILES string of the molecule is Cc1cc(C(N)=S)c2cc(Cl)cc(Cl)c2n1. The molecule has 0 unspecified atom stereocenters. The highest BCUT2D eigenvalue weighted by atomic mass is 35.5. The third-order valence-electron chi connectivity index (χ3n) is 2.23. The van der Waals surface area contributed by atoms with Gasteiger partial charge in [-0.1, -0.05) is 35.4 Å². The predicted molar refractivity (Wildman–Crippen MR) is 72.4 cm³/mol. The zero-order chi connectivity index (χ0) is 11.9. The van der Waals surface area contributed by atoms with Crippen LogP contribution in [0.25, 0.3) is 10.9 Å². The Morgan fingerprint density at radius 1 is 1.31 bits per heavy atom. The van der Waals surface area contributed by atoms with Crippen LogP contribution in [0, 0.1) is 6.92 Å². The summed E-state index contributed by atoms with van der Waals surface area (Å²) in [5.74, 6) is 0. The first-order valence-electron chi connectivity index (χ1n) is 4.55. The van der Waals surface area contributed by atoms with Crippen molar-refractivity contribution in [3.8, 4) is 0 Å². The number of aromatic nitrogens is 1. The molecule has 0 aliphatic rings. The molecule has 1 aromatic heterocycles. The van der Waals surface area contributed by atoms with Crippen LogP contribution in [0.3, 0.4) is 0 Å². The minimum atomic E-state index is 0.314. The minimum Gasteiger partial charge on any atom is -0.389 e. The van der Waals surface area contributed by atoms with Crippen LogP contribution >= 0.6 is 35.4 Å². The Labute approximate surface area is 108 Å². The number of benzene rings is 1. The van der Waals surface area contributed by atoms with Crippen LogP contribution in [0.15, 0.2) is 18.2 Å². The Hall–Kier alpha value is -0.900. The van der Waals surface area contributed by atoms with Gasteiger partial charge in [-0.3, -0.25) is 4.98 Å². The molecule has 0 radical (unpaired) electrons. The number of hydrogen-bond acceptors (Lipinski definition) is 2. The average molecular weight is 271 g/mol. The highest BCUT2D eigenvalue weighted by molar-refractivity contribution is 7.80. The molecule has 0 aliphatic carbocycles. The molecule has 2 nitrogen and oxygen atoms in total. The maximum Gasteiger partial charge on any atom is 0.104 e. The van der Waals surface area contributed by atoms with E-state index in [1.54, 1.807) is 12.1 Å². The molecule has 2 N–H and O–H groups in total. The lowest BCUT2D eigenvalue weighted by Crippen LogP contribution is -2.11. The van der Waals surface area contributed by atoms with E-state index in [1.807, 2.05) is 13.0 Å². The van der Waals surface area contributed by atoms with E-state index in [0.29, 0.717) is 20.6 Å². The summed E-state index contributed by atoms with van der Waals surface area (Å²) in [6, 6.07) is 5.25. The largest absolute Gasteiger partial charge is 0.389 e. The van der Waals surface area contributed by atoms with Gasteiger partial charge in [0.05, 0.1) is 10.5 Å². The van der Waals surface area contributed by atoms with Crippen molar-refractivity contribution in [2.75, 3.05) is 0 Å². The van der Waals surface area contributed by atoms with E-state index >= 15 is 0 Å². The van der Waals surface area contributed by atoms with Crippen molar-refractivity contribution < 1.29 is 0 Å². The van der Waals surface area contributed by atoms with E-state index in [2.05, 4.69) is 4.98 Å². The third kappa shape index (κ3) is 1.98.